The zero-order valence-corrected chi connectivity index (χ0v) is 12.3. The van der Waals surface area contributed by atoms with Crippen molar-refractivity contribution in [3.8, 4) is 5.95 Å². The fraction of sp³-hybridized carbons (Fsp3) is 0.455. The molecule has 0 spiro atoms. The topological polar surface area (TPSA) is 68.5 Å². The minimum Gasteiger partial charge on any atom is -0.352 e. The van der Waals surface area contributed by atoms with E-state index in [9.17, 15) is 0 Å². The van der Waals surface area contributed by atoms with Gasteiger partial charge in [0.25, 0.3) is 5.95 Å². The first-order valence-electron chi connectivity index (χ1n) is 5.86. The van der Waals surface area contributed by atoms with Crippen molar-refractivity contribution in [3.05, 3.63) is 23.7 Å². The number of thioether (sulfide) groups is 1. The van der Waals surface area contributed by atoms with Crippen molar-refractivity contribution >= 4 is 29.3 Å². The molecule has 0 aromatic carbocycles. The van der Waals surface area contributed by atoms with Gasteiger partial charge in [0.05, 0.1) is 0 Å². The van der Waals surface area contributed by atoms with E-state index >= 15 is 0 Å². The number of hydrogen-bond donors (Lipinski definition) is 1. The second-order valence-electron chi connectivity index (χ2n) is 4.01. The molecule has 2 rings (SSSR count). The molecule has 0 radical (unpaired) electrons. The van der Waals surface area contributed by atoms with Crippen LogP contribution in [0.4, 0.5) is 5.95 Å². The molecule has 0 aliphatic heterocycles. The third kappa shape index (κ3) is 4.07. The summed E-state index contributed by atoms with van der Waals surface area (Å²) < 4.78 is 1.55. The number of hydrogen-bond acceptors (Lipinski definition) is 6. The van der Waals surface area contributed by atoms with Crippen molar-refractivity contribution in [1.29, 1.82) is 0 Å². The number of aromatic nitrogens is 5. The Morgan fingerprint density at radius 2 is 2.26 bits per heavy atom. The van der Waals surface area contributed by atoms with Gasteiger partial charge in [0.15, 0.2) is 0 Å². The highest BCUT2D eigenvalue weighted by molar-refractivity contribution is 7.98. The smallest absolute Gasteiger partial charge is 0.256 e. The fourth-order valence-electron chi connectivity index (χ4n) is 1.48. The Kier molecular flexibility index (Phi) is 4.98. The molecule has 0 saturated carbocycles. The van der Waals surface area contributed by atoms with E-state index in [-0.39, 0.29) is 11.3 Å². The average molecular weight is 299 g/mol. The van der Waals surface area contributed by atoms with Gasteiger partial charge in [-0.15, -0.1) is 0 Å². The molecule has 2 aromatic rings. The van der Waals surface area contributed by atoms with Crippen LogP contribution < -0.4 is 5.32 Å². The van der Waals surface area contributed by atoms with Gasteiger partial charge >= 0.3 is 0 Å². The van der Waals surface area contributed by atoms with Crippen LogP contribution in [-0.2, 0) is 0 Å². The summed E-state index contributed by atoms with van der Waals surface area (Å²) in [4.78, 5) is 12.4. The molecule has 0 aliphatic carbocycles. The second-order valence-corrected chi connectivity index (χ2v) is 5.33. The summed E-state index contributed by atoms with van der Waals surface area (Å²) in [6, 6.07) is 2.07. The Morgan fingerprint density at radius 1 is 1.42 bits per heavy atom. The number of nitrogens with zero attached hydrogens (tertiary/aromatic N) is 5. The monoisotopic (exact) mass is 298 g/mol. The minimum atomic E-state index is 0.153. The van der Waals surface area contributed by atoms with Crippen LogP contribution in [0.15, 0.2) is 18.5 Å². The van der Waals surface area contributed by atoms with Gasteiger partial charge in [0.1, 0.15) is 0 Å². The molecule has 1 N–H and O–H groups in total. The average Bonchev–Trinajstić information content (AvgIpc) is 2.89. The summed E-state index contributed by atoms with van der Waals surface area (Å²) in [5, 5.41) is 7.44. The molecule has 2 heterocycles. The van der Waals surface area contributed by atoms with Crippen LogP contribution >= 0.6 is 23.4 Å². The first-order valence-corrected chi connectivity index (χ1v) is 7.63. The summed E-state index contributed by atoms with van der Waals surface area (Å²) in [7, 11) is 0. The summed E-state index contributed by atoms with van der Waals surface area (Å²) >= 11 is 7.72. The van der Waals surface area contributed by atoms with Crippen LogP contribution in [0.1, 0.15) is 13.3 Å². The van der Waals surface area contributed by atoms with E-state index < -0.39 is 0 Å². The van der Waals surface area contributed by atoms with Gasteiger partial charge in [-0.2, -0.15) is 31.8 Å². The van der Waals surface area contributed by atoms with E-state index in [0.29, 0.717) is 11.9 Å². The van der Waals surface area contributed by atoms with Crippen molar-refractivity contribution in [1.82, 2.24) is 24.7 Å². The highest BCUT2D eigenvalue weighted by Crippen LogP contribution is 2.11. The molecule has 1 atom stereocenters. The number of anilines is 1. The van der Waals surface area contributed by atoms with Crippen LogP contribution in [-0.4, -0.2) is 42.8 Å². The largest absolute Gasteiger partial charge is 0.352 e. The Labute approximate surface area is 121 Å². The maximum atomic E-state index is 5.91. The van der Waals surface area contributed by atoms with E-state index in [4.69, 9.17) is 11.6 Å². The van der Waals surface area contributed by atoms with Crippen LogP contribution in [0.25, 0.3) is 5.95 Å². The van der Waals surface area contributed by atoms with Gasteiger partial charge in [-0.1, -0.05) is 0 Å². The fourth-order valence-corrected chi connectivity index (χ4v) is 2.23. The van der Waals surface area contributed by atoms with Crippen molar-refractivity contribution in [2.24, 2.45) is 0 Å². The summed E-state index contributed by atoms with van der Waals surface area (Å²) in [6.45, 7) is 2.08. The first-order chi connectivity index (χ1) is 9.19. The highest BCUT2D eigenvalue weighted by atomic mass is 35.5. The van der Waals surface area contributed by atoms with Gasteiger partial charge in [0.2, 0.25) is 11.2 Å². The lowest BCUT2D eigenvalue weighted by Crippen LogP contribution is -2.19. The van der Waals surface area contributed by atoms with E-state index in [1.54, 1.807) is 23.1 Å². The predicted octanol–water partition coefficient (Wildman–Crippen LogP) is 2.26. The Balaban J connectivity index is 2.13. The second kappa shape index (κ2) is 6.72. The van der Waals surface area contributed by atoms with Crippen LogP contribution in [0.3, 0.4) is 0 Å². The lowest BCUT2D eigenvalue weighted by molar-refractivity contribution is 0.745. The van der Waals surface area contributed by atoms with Crippen LogP contribution in [0, 0.1) is 0 Å². The maximum absolute atomic E-state index is 5.91. The lowest BCUT2D eigenvalue weighted by Gasteiger charge is -2.13. The molecule has 8 heteroatoms. The van der Waals surface area contributed by atoms with Crippen molar-refractivity contribution in [2.45, 2.75) is 19.4 Å². The first kappa shape index (κ1) is 14.1. The Morgan fingerprint density at radius 3 is 2.95 bits per heavy atom. The molecule has 19 heavy (non-hydrogen) atoms. The normalized spacial score (nSPS) is 12.4. The van der Waals surface area contributed by atoms with E-state index in [0.717, 1.165) is 12.2 Å². The summed E-state index contributed by atoms with van der Waals surface area (Å²) in [6.07, 6.45) is 6.53. The van der Waals surface area contributed by atoms with Gasteiger partial charge in [0, 0.05) is 18.4 Å². The maximum Gasteiger partial charge on any atom is 0.256 e. The van der Waals surface area contributed by atoms with E-state index in [1.807, 2.05) is 11.8 Å². The van der Waals surface area contributed by atoms with Crippen molar-refractivity contribution in [2.75, 3.05) is 17.3 Å². The predicted molar refractivity (Wildman–Crippen MR) is 78.0 cm³/mol. The Hall–Kier alpha value is -1.34. The van der Waals surface area contributed by atoms with Crippen molar-refractivity contribution < 1.29 is 0 Å². The van der Waals surface area contributed by atoms with Gasteiger partial charge in [-0.25, -0.2) is 4.68 Å². The molecule has 0 amide bonds. The van der Waals surface area contributed by atoms with Gasteiger partial charge < -0.3 is 5.32 Å². The van der Waals surface area contributed by atoms with Gasteiger partial charge in [-0.3, -0.25) is 0 Å². The molecule has 102 valence electrons. The quantitative estimate of drug-likeness (QED) is 0.882. The zero-order chi connectivity index (χ0) is 13.7. The molecule has 0 saturated heterocycles. The molecular weight excluding hydrogens is 284 g/mol. The minimum absolute atomic E-state index is 0.153. The SMILES string of the molecule is CSCCC(C)Nc1nc(Cl)nc(-n2cccn2)n1. The Bertz CT molecular complexity index is 518. The van der Waals surface area contributed by atoms with Crippen LogP contribution in [0.2, 0.25) is 5.28 Å². The molecule has 0 bridgehead atoms. The molecule has 1 unspecified atom stereocenters. The third-order valence-corrected chi connectivity index (χ3v) is 3.25. The zero-order valence-electron chi connectivity index (χ0n) is 10.7. The summed E-state index contributed by atoms with van der Waals surface area (Å²) in [5.41, 5.74) is 0. The molecule has 6 nitrogen and oxygen atoms in total. The standard InChI is InChI=1S/C11H15ClN6S/c1-8(4-7-19-2)14-10-15-9(12)16-11(17-10)18-6-3-5-13-18/h3,5-6,8H,4,7H2,1-2H3,(H,14,15,16,17). The number of rotatable bonds is 6. The van der Waals surface area contributed by atoms with Crippen LogP contribution in [0.5, 0.6) is 0 Å². The van der Waals surface area contributed by atoms with Gasteiger partial charge in [-0.05, 0) is 43.0 Å². The van der Waals surface area contributed by atoms with Crippen molar-refractivity contribution in [3.63, 3.8) is 0 Å². The van der Waals surface area contributed by atoms with E-state index in [1.165, 1.54) is 0 Å². The third-order valence-electron chi connectivity index (χ3n) is 2.44. The molecular formula is C11H15ClN6S. The van der Waals surface area contributed by atoms with E-state index in [2.05, 4.69) is 38.5 Å². The molecule has 2 aromatic heterocycles. The molecule has 0 aliphatic rings. The summed E-state index contributed by atoms with van der Waals surface area (Å²) in [5.74, 6) is 1.96. The lowest BCUT2D eigenvalue weighted by atomic mass is 10.3. The highest BCUT2D eigenvalue weighted by Gasteiger charge is 2.09. The molecule has 0 fully saturated rings. The number of halogens is 1. The number of nitrogens with one attached hydrogen (secondary N) is 1.